The van der Waals surface area contributed by atoms with Gasteiger partial charge in [0.1, 0.15) is 11.4 Å². The average molecular weight is 752 g/mol. The molecule has 0 aliphatic carbocycles. The van der Waals surface area contributed by atoms with Crippen molar-refractivity contribution in [3.05, 3.63) is 59.6 Å². The lowest BCUT2D eigenvalue weighted by Gasteiger charge is -2.42. The largest absolute Gasteiger partial charge is 0.444 e. The Morgan fingerprint density at radius 2 is 1.75 bits per heavy atom. The van der Waals surface area contributed by atoms with Gasteiger partial charge in [0.2, 0.25) is 5.95 Å². The lowest BCUT2D eigenvalue weighted by molar-refractivity contribution is 0.0209. The number of likely N-dealkylation sites (tertiary alicyclic amines) is 1. The van der Waals surface area contributed by atoms with E-state index in [1.807, 2.05) is 64.8 Å². The third kappa shape index (κ3) is 7.98. The first-order valence-corrected chi connectivity index (χ1v) is 19.6. The van der Waals surface area contributed by atoms with Gasteiger partial charge in [0.05, 0.1) is 38.8 Å². The number of hydrogen-bond acceptors (Lipinski definition) is 11. The lowest BCUT2D eigenvalue weighted by atomic mass is 9.98. The summed E-state index contributed by atoms with van der Waals surface area (Å²) < 4.78 is 50.6. The van der Waals surface area contributed by atoms with Gasteiger partial charge < -0.3 is 19.9 Å². The highest BCUT2D eigenvalue weighted by Crippen LogP contribution is 2.42. The van der Waals surface area contributed by atoms with Crippen LogP contribution >= 0.6 is 11.3 Å². The lowest BCUT2D eigenvalue weighted by Crippen LogP contribution is -2.56. The molecule has 52 heavy (non-hydrogen) atoms. The Hall–Kier alpha value is -4.41. The number of fused-ring (bicyclic) bond motifs is 2. The highest BCUT2D eigenvalue weighted by Gasteiger charge is 2.42. The zero-order valence-corrected chi connectivity index (χ0v) is 32.4. The van der Waals surface area contributed by atoms with Crippen LogP contribution in [0.5, 0.6) is 0 Å². The van der Waals surface area contributed by atoms with E-state index in [4.69, 9.17) is 14.7 Å². The van der Waals surface area contributed by atoms with E-state index in [0.717, 1.165) is 27.8 Å². The normalized spacial score (nSPS) is 17.8. The van der Waals surface area contributed by atoms with Crippen LogP contribution in [-0.4, -0.2) is 88.0 Å². The minimum Gasteiger partial charge on any atom is -0.444 e. The predicted octanol–water partition coefficient (Wildman–Crippen LogP) is 7.04. The molecule has 0 radical (unpaired) electrons. The van der Waals surface area contributed by atoms with Gasteiger partial charge in [0.15, 0.2) is 5.82 Å². The second-order valence-corrected chi connectivity index (χ2v) is 17.9. The maximum Gasteiger partial charge on any atom is 0.410 e. The molecule has 278 valence electrons. The zero-order chi connectivity index (χ0) is 37.6. The van der Waals surface area contributed by atoms with E-state index in [9.17, 15) is 13.2 Å². The molecule has 1 aromatic carbocycles. The third-order valence-electron chi connectivity index (χ3n) is 8.93. The van der Waals surface area contributed by atoms with Crippen LogP contribution in [0.4, 0.5) is 32.3 Å². The Balaban J connectivity index is 1.23. The van der Waals surface area contributed by atoms with Crippen molar-refractivity contribution in [2.45, 2.75) is 84.4 Å². The molecule has 2 aliphatic rings. The van der Waals surface area contributed by atoms with Gasteiger partial charge >= 0.3 is 16.3 Å². The number of thiazole rings is 1. The molecule has 16 heteroatoms. The fourth-order valence-corrected chi connectivity index (χ4v) is 8.29. The molecule has 2 unspecified atom stereocenters. The Kier molecular flexibility index (Phi) is 10.2. The molecule has 2 atom stereocenters. The van der Waals surface area contributed by atoms with Crippen LogP contribution in [0.25, 0.3) is 21.8 Å². The number of nitrogens with one attached hydrogen (secondary N) is 2. The maximum absolute atomic E-state index is 16.1. The molecule has 0 saturated carbocycles. The fourth-order valence-electron chi connectivity index (χ4n) is 6.25. The van der Waals surface area contributed by atoms with E-state index in [-0.39, 0.29) is 41.4 Å². The Morgan fingerprint density at radius 1 is 1.04 bits per heavy atom. The van der Waals surface area contributed by atoms with Crippen LogP contribution in [0.1, 0.15) is 66.3 Å². The molecule has 0 spiro atoms. The highest BCUT2D eigenvalue weighted by atomic mass is 32.2. The van der Waals surface area contributed by atoms with E-state index >= 15 is 4.39 Å². The molecule has 2 N–H and O–H groups in total. The van der Waals surface area contributed by atoms with Crippen molar-refractivity contribution >= 4 is 50.8 Å². The summed E-state index contributed by atoms with van der Waals surface area (Å²) in [5.41, 5.74) is 0.937. The molecule has 2 aliphatic heterocycles. The second kappa shape index (κ2) is 14.2. The summed E-state index contributed by atoms with van der Waals surface area (Å²) >= 11 is 1.40. The standard InChI is InChI=1S/C36H46FN9O4S2/c1-9-44(8)52(48,49)43-26-12-10-11-25(29(26)37)30-31(51-32(42-30)35(2,3)4)27-17-18-38-33(40-27)41-28-16-15-22(19-39-28)46-23-13-14-24(46)21-45(20-23)34(47)50-36(5,6)7/h10-12,15-19,23-24,43H,9,13-14,20-21H2,1-8H3,(H,38,39,40,41). The molecule has 5 heterocycles. The SMILES string of the molecule is CCN(C)S(=O)(=O)Nc1cccc(-c2nc(C(C)(C)C)sc2-c2ccnc(Nc3ccc(N4C5CCC4CN(C(=O)OC(C)(C)C)C5)cn3)n2)c1F. The molecular formula is C36H46FN9O4S2. The van der Waals surface area contributed by atoms with Crippen LogP contribution in [0, 0.1) is 5.82 Å². The van der Waals surface area contributed by atoms with Crippen molar-refractivity contribution in [1.82, 2.24) is 29.1 Å². The van der Waals surface area contributed by atoms with E-state index < -0.39 is 21.6 Å². The molecular weight excluding hydrogens is 706 g/mol. The molecule has 3 aromatic heterocycles. The summed E-state index contributed by atoms with van der Waals surface area (Å²) in [4.78, 5) is 36.3. The Morgan fingerprint density at radius 3 is 2.37 bits per heavy atom. The number of carbonyl (C=O) groups is 1. The van der Waals surface area contributed by atoms with Gasteiger partial charge in [0.25, 0.3) is 0 Å². The third-order valence-corrected chi connectivity index (χ3v) is 12.0. The summed E-state index contributed by atoms with van der Waals surface area (Å²) in [5.74, 6) is 0.104. The Bertz CT molecular complexity index is 2030. The number of aromatic nitrogens is 4. The number of nitrogens with zero attached hydrogens (tertiary/aromatic N) is 7. The van der Waals surface area contributed by atoms with Gasteiger partial charge in [-0.3, -0.25) is 4.72 Å². The van der Waals surface area contributed by atoms with Gasteiger partial charge in [-0.15, -0.1) is 11.3 Å². The number of benzene rings is 1. The van der Waals surface area contributed by atoms with Gasteiger partial charge in [-0.2, -0.15) is 12.7 Å². The first-order chi connectivity index (χ1) is 24.4. The van der Waals surface area contributed by atoms with Crippen molar-refractivity contribution in [1.29, 1.82) is 0 Å². The Labute approximate surface area is 308 Å². The minimum absolute atomic E-state index is 0.146. The number of amides is 1. The molecule has 2 bridgehead atoms. The van der Waals surface area contributed by atoms with Crippen LogP contribution in [-0.2, 0) is 20.4 Å². The van der Waals surface area contributed by atoms with Gasteiger partial charge in [-0.25, -0.2) is 29.1 Å². The number of piperazine rings is 1. The summed E-state index contributed by atoms with van der Waals surface area (Å²) in [7, 11) is -2.53. The van der Waals surface area contributed by atoms with E-state index in [0.29, 0.717) is 41.1 Å². The smallest absolute Gasteiger partial charge is 0.410 e. The van der Waals surface area contributed by atoms with E-state index in [2.05, 4.69) is 24.9 Å². The zero-order valence-electron chi connectivity index (χ0n) is 30.8. The van der Waals surface area contributed by atoms with Gasteiger partial charge in [-0.1, -0.05) is 33.8 Å². The number of halogens is 1. The van der Waals surface area contributed by atoms with Crippen LogP contribution in [0.15, 0.2) is 48.8 Å². The van der Waals surface area contributed by atoms with Crippen molar-refractivity contribution in [3.8, 4) is 21.8 Å². The highest BCUT2D eigenvalue weighted by molar-refractivity contribution is 7.90. The molecule has 4 aromatic rings. The van der Waals surface area contributed by atoms with Gasteiger partial charge in [0, 0.05) is 55.9 Å². The summed E-state index contributed by atoms with van der Waals surface area (Å²) in [6, 6.07) is 10.5. The van der Waals surface area contributed by atoms with Gasteiger partial charge in [-0.05, 0) is 63.9 Å². The number of ether oxygens (including phenoxy) is 1. The number of hydrogen-bond donors (Lipinski definition) is 2. The number of rotatable bonds is 9. The van der Waals surface area contributed by atoms with Crippen molar-refractivity contribution in [2.75, 3.05) is 41.6 Å². The first kappa shape index (κ1) is 37.4. The summed E-state index contributed by atoms with van der Waals surface area (Å²) in [5, 5.41) is 3.96. The van der Waals surface area contributed by atoms with Crippen LogP contribution in [0.2, 0.25) is 0 Å². The first-order valence-electron chi connectivity index (χ1n) is 17.3. The van der Waals surface area contributed by atoms with Crippen molar-refractivity contribution in [3.63, 3.8) is 0 Å². The number of pyridine rings is 1. The monoisotopic (exact) mass is 751 g/mol. The fraction of sp³-hybridized carbons (Fsp3) is 0.472. The van der Waals surface area contributed by atoms with E-state index in [1.54, 1.807) is 31.3 Å². The topological polar surface area (TPSA) is 146 Å². The molecule has 13 nitrogen and oxygen atoms in total. The molecule has 6 rings (SSSR count). The minimum atomic E-state index is -3.95. The van der Waals surface area contributed by atoms with Crippen molar-refractivity contribution < 1.29 is 22.3 Å². The summed E-state index contributed by atoms with van der Waals surface area (Å²) in [6.07, 6.45) is 5.13. The molecule has 2 fully saturated rings. The van der Waals surface area contributed by atoms with Crippen LogP contribution in [0.3, 0.4) is 0 Å². The maximum atomic E-state index is 16.1. The number of anilines is 4. The van der Waals surface area contributed by atoms with E-state index in [1.165, 1.54) is 24.5 Å². The molecule has 2 saturated heterocycles. The predicted molar refractivity (Wildman–Crippen MR) is 203 cm³/mol. The van der Waals surface area contributed by atoms with Crippen LogP contribution < -0.4 is 14.9 Å². The summed E-state index contributed by atoms with van der Waals surface area (Å²) in [6.45, 7) is 14.8. The second-order valence-electron chi connectivity index (χ2n) is 15.1. The van der Waals surface area contributed by atoms with Crippen molar-refractivity contribution in [2.24, 2.45) is 0 Å². The molecule has 1 amide bonds. The average Bonchev–Trinajstić information content (AvgIpc) is 3.64. The quantitative estimate of drug-likeness (QED) is 0.183. The number of carbonyl (C=O) groups excluding carboxylic acids is 1.